The first-order chi connectivity index (χ1) is 5.10. The summed E-state index contributed by atoms with van der Waals surface area (Å²) in [6.45, 7) is 4.74. The first-order valence-corrected chi connectivity index (χ1v) is 4.49. The highest BCUT2D eigenvalue weighted by Gasteiger charge is 2.39. The van der Waals surface area contributed by atoms with Crippen molar-refractivity contribution in [3.8, 4) is 0 Å². The maximum absolute atomic E-state index is 9.54. The van der Waals surface area contributed by atoms with Gasteiger partial charge >= 0.3 is 0 Å². The molecule has 0 heterocycles. The molecule has 0 radical (unpaired) electrons. The van der Waals surface area contributed by atoms with Crippen molar-refractivity contribution in [2.75, 3.05) is 6.54 Å². The van der Waals surface area contributed by atoms with Crippen LogP contribution in [-0.2, 0) is 0 Å². The van der Waals surface area contributed by atoms with E-state index in [2.05, 4.69) is 6.92 Å². The topological polar surface area (TPSA) is 46.2 Å². The van der Waals surface area contributed by atoms with E-state index in [-0.39, 0.29) is 11.5 Å². The first kappa shape index (κ1) is 9.01. The minimum Gasteiger partial charge on any atom is -0.393 e. The minimum atomic E-state index is -0.238. The molecule has 1 rings (SSSR count). The van der Waals surface area contributed by atoms with Crippen molar-refractivity contribution >= 4 is 0 Å². The van der Waals surface area contributed by atoms with Gasteiger partial charge in [0, 0.05) is 12.0 Å². The van der Waals surface area contributed by atoms with Crippen LogP contribution in [0, 0.1) is 11.3 Å². The van der Waals surface area contributed by atoms with E-state index in [9.17, 15) is 5.11 Å². The zero-order valence-corrected chi connectivity index (χ0v) is 7.51. The van der Waals surface area contributed by atoms with Crippen LogP contribution in [0.15, 0.2) is 0 Å². The second-order valence-corrected chi connectivity index (χ2v) is 4.09. The lowest BCUT2D eigenvalue weighted by Crippen LogP contribution is -2.37. The molecule has 0 bridgehead atoms. The van der Waals surface area contributed by atoms with Crippen LogP contribution in [0.4, 0.5) is 0 Å². The van der Waals surface area contributed by atoms with Gasteiger partial charge in [0.2, 0.25) is 0 Å². The molecule has 0 aliphatic heterocycles. The molecule has 3 N–H and O–H groups in total. The summed E-state index contributed by atoms with van der Waals surface area (Å²) in [4.78, 5) is 0. The summed E-state index contributed by atoms with van der Waals surface area (Å²) in [6, 6.07) is 0. The summed E-state index contributed by atoms with van der Waals surface area (Å²) in [6.07, 6.45) is 3.18. The Balaban J connectivity index is 2.62. The molecule has 0 saturated heterocycles. The van der Waals surface area contributed by atoms with Gasteiger partial charge in [-0.1, -0.05) is 13.3 Å². The van der Waals surface area contributed by atoms with Gasteiger partial charge in [-0.15, -0.1) is 0 Å². The number of nitrogens with two attached hydrogens (primary N) is 1. The summed E-state index contributed by atoms with van der Waals surface area (Å²) >= 11 is 0. The molecule has 1 aliphatic carbocycles. The summed E-state index contributed by atoms with van der Waals surface area (Å²) in [5.41, 5.74) is 5.71. The second-order valence-electron chi connectivity index (χ2n) is 4.09. The molecule has 1 fully saturated rings. The highest BCUT2D eigenvalue weighted by Crippen LogP contribution is 2.43. The fourth-order valence-corrected chi connectivity index (χ4v) is 2.17. The average Bonchev–Trinajstić information content (AvgIpc) is 2.33. The van der Waals surface area contributed by atoms with Gasteiger partial charge in [-0.2, -0.15) is 0 Å². The molecule has 0 aromatic heterocycles. The monoisotopic (exact) mass is 157 g/mol. The van der Waals surface area contributed by atoms with E-state index in [4.69, 9.17) is 5.73 Å². The van der Waals surface area contributed by atoms with Crippen molar-refractivity contribution in [1.82, 2.24) is 0 Å². The molecular formula is C9H19NO. The van der Waals surface area contributed by atoms with Gasteiger partial charge < -0.3 is 10.8 Å². The second kappa shape index (κ2) is 3.11. The number of hydrogen-bond donors (Lipinski definition) is 2. The van der Waals surface area contributed by atoms with Gasteiger partial charge in [0.25, 0.3) is 0 Å². The van der Waals surface area contributed by atoms with E-state index in [1.165, 1.54) is 6.42 Å². The van der Waals surface area contributed by atoms with E-state index in [0.29, 0.717) is 6.54 Å². The molecule has 0 spiro atoms. The summed E-state index contributed by atoms with van der Waals surface area (Å²) in [7, 11) is 0. The minimum absolute atomic E-state index is 0.0411. The molecule has 3 atom stereocenters. The third kappa shape index (κ3) is 1.57. The van der Waals surface area contributed by atoms with Gasteiger partial charge in [0.1, 0.15) is 0 Å². The molecule has 11 heavy (non-hydrogen) atoms. The third-order valence-electron chi connectivity index (χ3n) is 3.18. The van der Waals surface area contributed by atoms with Crippen LogP contribution >= 0.6 is 0 Å². The molecule has 1 aliphatic rings. The summed E-state index contributed by atoms with van der Waals surface area (Å²) < 4.78 is 0. The maximum atomic E-state index is 9.54. The smallest absolute Gasteiger partial charge is 0.0580 e. The van der Waals surface area contributed by atoms with Gasteiger partial charge in [-0.05, 0) is 25.7 Å². The Morgan fingerprint density at radius 2 is 2.36 bits per heavy atom. The molecule has 2 heteroatoms. The van der Waals surface area contributed by atoms with E-state index in [1.807, 2.05) is 6.92 Å². The quantitative estimate of drug-likeness (QED) is 0.631. The average molecular weight is 157 g/mol. The Bertz CT molecular complexity index is 136. The zero-order chi connectivity index (χ0) is 8.48. The molecule has 66 valence electrons. The highest BCUT2D eigenvalue weighted by atomic mass is 16.3. The van der Waals surface area contributed by atoms with Crippen LogP contribution in [-0.4, -0.2) is 17.8 Å². The lowest BCUT2D eigenvalue weighted by Gasteiger charge is -2.30. The Morgan fingerprint density at radius 3 is 2.55 bits per heavy atom. The summed E-state index contributed by atoms with van der Waals surface area (Å²) in [5, 5.41) is 9.54. The lowest BCUT2D eigenvalue weighted by atomic mass is 9.80. The maximum Gasteiger partial charge on any atom is 0.0580 e. The van der Waals surface area contributed by atoms with E-state index >= 15 is 0 Å². The van der Waals surface area contributed by atoms with Crippen molar-refractivity contribution in [2.45, 2.75) is 39.2 Å². The van der Waals surface area contributed by atoms with Crippen LogP contribution < -0.4 is 5.73 Å². The van der Waals surface area contributed by atoms with Gasteiger partial charge in [-0.3, -0.25) is 0 Å². The third-order valence-corrected chi connectivity index (χ3v) is 3.18. The van der Waals surface area contributed by atoms with Crippen LogP contribution in [0.5, 0.6) is 0 Å². The number of aliphatic hydroxyl groups excluding tert-OH is 1. The van der Waals surface area contributed by atoms with Crippen LogP contribution in [0.3, 0.4) is 0 Å². The normalized spacial score (nSPS) is 40.9. The molecule has 1 saturated carbocycles. The van der Waals surface area contributed by atoms with Crippen molar-refractivity contribution in [1.29, 1.82) is 0 Å². The van der Waals surface area contributed by atoms with Crippen LogP contribution in [0.1, 0.15) is 33.1 Å². The van der Waals surface area contributed by atoms with Gasteiger partial charge in [0.15, 0.2) is 0 Å². The number of rotatable bonds is 2. The molecule has 3 unspecified atom stereocenters. The van der Waals surface area contributed by atoms with Crippen LogP contribution in [0.2, 0.25) is 0 Å². The zero-order valence-electron chi connectivity index (χ0n) is 7.51. The predicted octanol–water partition coefficient (Wildman–Crippen LogP) is 1.13. The number of hydrogen-bond acceptors (Lipinski definition) is 2. The fourth-order valence-electron chi connectivity index (χ4n) is 2.17. The molecular weight excluding hydrogens is 138 g/mol. The SMILES string of the molecule is CC1CCC(CN)(C(C)O)C1. The van der Waals surface area contributed by atoms with Crippen molar-refractivity contribution < 1.29 is 5.11 Å². The number of aliphatic hydroxyl groups is 1. The Morgan fingerprint density at radius 1 is 1.73 bits per heavy atom. The highest BCUT2D eigenvalue weighted by molar-refractivity contribution is 4.92. The predicted molar refractivity (Wildman–Crippen MR) is 46.2 cm³/mol. The van der Waals surface area contributed by atoms with Gasteiger partial charge in [0.05, 0.1) is 6.10 Å². The first-order valence-electron chi connectivity index (χ1n) is 4.49. The lowest BCUT2D eigenvalue weighted by molar-refractivity contribution is 0.0472. The molecule has 0 aromatic rings. The van der Waals surface area contributed by atoms with Crippen molar-refractivity contribution in [3.05, 3.63) is 0 Å². The fraction of sp³-hybridized carbons (Fsp3) is 1.00. The molecule has 2 nitrogen and oxygen atoms in total. The largest absolute Gasteiger partial charge is 0.393 e. The van der Waals surface area contributed by atoms with Crippen molar-refractivity contribution in [3.63, 3.8) is 0 Å². The van der Waals surface area contributed by atoms with Crippen molar-refractivity contribution in [2.24, 2.45) is 17.1 Å². The Kier molecular flexibility index (Phi) is 2.55. The van der Waals surface area contributed by atoms with E-state index < -0.39 is 0 Å². The van der Waals surface area contributed by atoms with E-state index in [1.54, 1.807) is 0 Å². The summed E-state index contributed by atoms with van der Waals surface area (Å²) in [5.74, 6) is 0.744. The standard InChI is InChI=1S/C9H19NO/c1-7-3-4-9(5-7,6-10)8(2)11/h7-8,11H,3-6,10H2,1-2H3. The molecule has 0 aromatic carbocycles. The Hall–Kier alpha value is -0.0800. The molecule has 0 amide bonds. The van der Waals surface area contributed by atoms with E-state index in [0.717, 1.165) is 18.8 Å². The van der Waals surface area contributed by atoms with Gasteiger partial charge in [-0.25, -0.2) is 0 Å². The Labute approximate surface area is 68.8 Å². The van der Waals surface area contributed by atoms with Crippen LogP contribution in [0.25, 0.3) is 0 Å².